The van der Waals surface area contributed by atoms with Gasteiger partial charge in [-0.25, -0.2) is 4.79 Å². The molecule has 1 aliphatic heterocycles. The number of carbonyl (C=O) groups is 2. The molecule has 0 aliphatic carbocycles. The van der Waals surface area contributed by atoms with Crippen LogP contribution in [0.2, 0.25) is 0 Å². The lowest BCUT2D eigenvalue weighted by Crippen LogP contribution is -2.54. The monoisotopic (exact) mass is 243 g/mol. The maximum Gasteiger partial charge on any atom is 0.329 e. The molecule has 1 aliphatic rings. The summed E-state index contributed by atoms with van der Waals surface area (Å²) < 4.78 is 5.23. The first-order valence-corrected chi connectivity index (χ1v) is 6.13. The topological polar surface area (TPSA) is 75.6 Å². The third kappa shape index (κ3) is 3.70. The van der Waals surface area contributed by atoms with Gasteiger partial charge in [0.2, 0.25) is 5.91 Å². The molecule has 98 valence electrons. The van der Waals surface area contributed by atoms with Crippen molar-refractivity contribution in [2.45, 2.75) is 45.1 Å². The molecule has 0 radical (unpaired) electrons. The van der Waals surface area contributed by atoms with Crippen LogP contribution in [0, 0.1) is 5.92 Å². The number of hydrogen-bond donors (Lipinski definition) is 2. The van der Waals surface area contributed by atoms with Crippen molar-refractivity contribution < 1.29 is 19.4 Å². The Bertz CT molecular complexity index is 286. The Balaban J connectivity index is 2.60. The average Bonchev–Trinajstić information content (AvgIpc) is 2.30. The maximum atomic E-state index is 11.9. The van der Waals surface area contributed by atoms with E-state index >= 15 is 0 Å². The zero-order chi connectivity index (χ0) is 12.9. The van der Waals surface area contributed by atoms with Gasteiger partial charge in [0.05, 0.1) is 12.5 Å². The molecular formula is C12H21NO4. The van der Waals surface area contributed by atoms with Crippen molar-refractivity contribution in [3.63, 3.8) is 0 Å². The predicted octanol–water partition coefficient (Wildman–Crippen LogP) is 1.17. The van der Waals surface area contributed by atoms with Crippen molar-refractivity contribution in [3.8, 4) is 0 Å². The zero-order valence-electron chi connectivity index (χ0n) is 10.5. The molecule has 5 heteroatoms. The largest absolute Gasteiger partial charge is 0.480 e. The van der Waals surface area contributed by atoms with Gasteiger partial charge < -0.3 is 15.2 Å². The number of amides is 1. The summed E-state index contributed by atoms with van der Waals surface area (Å²) in [5.74, 6) is -1.40. The number of carboxylic acids is 1. The van der Waals surface area contributed by atoms with Crippen molar-refractivity contribution >= 4 is 11.9 Å². The molecule has 1 rings (SSSR count). The van der Waals surface area contributed by atoms with E-state index in [9.17, 15) is 9.59 Å². The molecule has 2 unspecified atom stereocenters. The molecule has 1 fully saturated rings. The van der Waals surface area contributed by atoms with E-state index in [1.807, 2.05) is 6.92 Å². The molecule has 1 heterocycles. The van der Waals surface area contributed by atoms with Crippen LogP contribution in [-0.2, 0) is 14.3 Å². The molecule has 5 nitrogen and oxygen atoms in total. The molecule has 1 amide bonds. The van der Waals surface area contributed by atoms with E-state index in [2.05, 4.69) is 5.32 Å². The highest BCUT2D eigenvalue weighted by atomic mass is 16.5. The van der Waals surface area contributed by atoms with E-state index in [1.165, 1.54) is 0 Å². The number of rotatable bonds is 5. The second-order valence-electron chi connectivity index (χ2n) is 4.79. The molecule has 0 bridgehead atoms. The van der Waals surface area contributed by atoms with Crippen molar-refractivity contribution in [1.29, 1.82) is 0 Å². The number of nitrogens with one attached hydrogen (secondary N) is 1. The van der Waals surface area contributed by atoms with Crippen molar-refractivity contribution in [2.24, 2.45) is 5.92 Å². The molecule has 1 saturated heterocycles. The average molecular weight is 243 g/mol. The summed E-state index contributed by atoms with van der Waals surface area (Å²) in [5, 5.41) is 11.8. The third-order valence-corrected chi connectivity index (χ3v) is 3.15. The molecule has 0 aromatic rings. The summed E-state index contributed by atoms with van der Waals surface area (Å²) in [4.78, 5) is 23.1. The third-order valence-electron chi connectivity index (χ3n) is 3.15. The summed E-state index contributed by atoms with van der Waals surface area (Å²) in [7, 11) is 0. The minimum atomic E-state index is -1.16. The zero-order valence-corrected chi connectivity index (χ0v) is 10.5. The van der Waals surface area contributed by atoms with Crippen LogP contribution < -0.4 is 5.32 Å². The highest BCUT2D eigenvalue weighted by Gasteiger charge is 2.36. The van der Waals surface area contributed by atoms with Gasteiger partial charge in [-0.1, -0.05) is 13.3 Å². The van der Waals surface area contributed by atoms with Gasteiger partial charge in [0, 0.05) is 6.61 Å². The van der Waals surface area contributed by atoms with E-state index in [1.54, 1.807) is 6.92 Å². The Morgan fingerprint density at radius 1 is 1.53 bits per heavy atom. The van der Waals surface area contributed by atoms with E-state index in [4.69, 9.17) is 9.84 Å². The van der Waals surface area contributed by atoms with Gasteiger partial charge in [-0.05, 0) is 26.2 Å². The first kappa shape index (κ1) is 14.0. The van der Waals surface area contributed by atoms with Crippen LogP contribution in [-0.4, -0.2) is 35.7 Å². The van der Waals surface area contributed by atoms with Crippen molar-refractivity contribution in [1.82, 2.24) is 5.32 Å². The number of carbonyl (C=O) groups excluding carboxylic acids is 1. The Morgan fingerprint density at radius 2 is 2.24 bits per heavy atom. The fourth-order valence-corrected chi connectivity index (χ4v) is 2.04. The fraction of sp³-hybridized carbons (Fsp3) is 0.833. The minimum Gasteiger partial charge on any atom is -0.480 e. The van der Waals surface area contributed by atoms with Crippen LogP contribution >= 0.6 is 0 Å². The van der Waals surface area contributed by atoms with E-state index in [-0.39, 0.29) is 11.8 Å². The first-order chi connectivity index (χ1) is 7.99. The summed E-state index contributed by atoms with van der Waals surface area (Å²) in [6.07, 6.45) is 2.77. The Hall–Kier alpha value is -1.10. The van der Waals surface area contributed by atoms with E-state index < -0.39 is 11.5 Å². The van der Waals surface area contributed by atoms with Gasteiger partial charge in [-0.3, -0.25) is 4.79 Å². The normalized spacial score (nSPS) is 23.8. The van der Waals surface area contributed by atoms with Crippen LogP contribution in [0.1, 0.15) is 39.5 Å². The van der Waals surface area contributed by atoms with E-state index in [0.717, 1.165) is 12.8 Å². The molecule has 2 atom stereocenters. The highest BCUT2D eigenvalue weighted by molar-refractivity contribution is 5.87. The summed E-state index contributed by atoms with van der Waals surface area (Å²) >= 11 is 0. The van der Waals surface area contributed by atoms with Crippen LogP contribution in [0.5, 0.6) is 0 Å². The highest BCUT2D eigenvalue weighted by Crippen LogP contribution is 2.18. The molecule has 17 heavy (non-hydrogen) atoms. The lowest BCUT2D eigenvalue weighted by Gasteiger charge is -2.29. The van der Waals surface area contributed by atoms with Gasteiger partial charge in [0.1, 0.15) is 5.54 Å². The summed E-state index contributed by atoms with van der Waals surface area (Å²) in [5.41, 5.74) is -1.16. The smallest absolute Gasteiger partial charge is 0.329 e. The standard InChI is InChI=1S/C12H21NO4/c1-3-6-12(2,11(15)16)13-10(14)9-5-4-7-17-8-9/h9H,3-8H2,1-2H3,(H,13,14)(H,15,16). The molecule has 2 N–H and O–H groups in total. The molecule has 0 aromatic heterocycles. The Labute approximate surface area is 102 Å². The minimum absolute atomic E-state index is 0.206. The lowest BCUT2D eigenvalue weighted by molar-refractivity contribution is -0.148. The molecule has 0 spiro atoms. The quantitative estimate of drug-likeness (QED) is 0.760. The molecule has 0 saturated carbocycles. The van der Waals surface area contributed by atoms with Gasteiger partial charge >= 0.3 is 5.97 Å². The van der Waals surface area contributed by atoms with Crippen LogP contribution in [0.4, 0.5) is 0 Å². The van der Waals surface area contributed by atoms with Crippen LogP contribution in [0.25, 0.3) is 0 Å². The van der Waals surface area contributed by atoms with Crippen molar-refractivity contribution in [2.75, 3.05) is 13.2 Å². The van der Waals surface area contributed by atoms with Crippen LogP contribution in [0.3, 0.4) is 0 Å². The Morgan fingerprint density at radius 3 is 2.71 bits per heavy atom. The number of hydrogen-bond acceptors (Lipinski definition) is 3. The van der Waals surface area contributed by atoms with E-state index in [0.29, 0.717) is 26.1 Å². The fourth-order valence-electron chi connectivity index (χ4n) is 2.04. The van der Waals surface area contributed by atoms with Gasteiger partial charge in [0.15, 0.2) is 0 Å². The lowest BCUT2D eigenvalue weighted by atomic mass is 9.93. The number of carboxylic acid groups (broad SMARTS) is 1. The second kappa shape index (κ2) is 6.00. The van der Waals surface area contributed by atoms with Crippen LogP contribution in [0.15, 0.2) is 0 Å². The number of aliphatic carboxylic acids is 1. The maximum absolute atomic E-state index is 11.9. The van der Waals surface area contributed by atoms with Gasteiger partial charge in [-0.15, -0.1) is 0 Å². The molecule has 0 aromatic carbocycles. The second-order valence-corrected chi connectivity index (χ2v) is 4.79. The molecular weight excluding hydrogens is 222 g/mol. The summed E-state index contributed by atoms with van der Waals surface area (Å²) in [6.45, 7) is 4.54. The first-order valence-electron chi connectivity index (χ1n) is 6.13. The Kier molecular flexibility index (Phi) is 4.93. The summed E-state index contributed by atoms with van der Waals surface area (Å²) in [6, 6.07) is 0. The van der Waals surface area contributed by atoms with Gasteiger partial charge in [0.25, 0.3) is 0 Å². The predicted molar refractivity (Wildman–Crippen MR) is 62.6 cm³/mol. The SMILES string of the molecule is CCCC(C)(NC(=O)C1CCCOC1)C(=O)O. The van der Waals surface area contributed by atoms with Gasteiger partial charge in [-0.2, -0.15) is 0 Å². The van der Waals surface area contributed by atoms with Crippen molar-refractivity contribution in [3.05, 3.63) is 0 Å². The number of ether oxygens (including phenoxy) is 1.